The van der Waals surface area contributed by atoms with Crippen molar-refractivity contribution in [3.8, 4) is 5.75 Å². The minimum atomic E-state index is -0.0673. The van der Waals surface area contributed by atoms with Crippen molar-refractivity contribution in [2.24, 2.45) is 0 Å². The van der Waals surface area contributed by atoms with Crippen LogP contribution in [0, 0.1) is 0 Å². The van der Waals surface area contributed by atoms with Gasteiger partial charge >= 0.3 is 0 Å². The number of tetrazole rings is 1. The first-order valence-corrected chi connectivity index (χ1v) is 7.61. The van der Waals surface area contributed by atoms with Crippen LogP contribution < -0.4 is 10.1 Å². The summed E-state index contributed by atoms with van der Waals surface area (Å²) in [5, 5.41) is 14.7. The predicted octanol–water partition coefficient (Wildman–Crippen LogP) is 0.980. The molecule has 0 aliphatic heterocycles. The molecule has 0 spiro atoms. The molecule has 7 nitrogen and oxygen atoms in total. The smallest absolute Gasteiger partial charge is 0.230 e. The van der Waals surface area contributed by atoms with E-state index in [0.717, 1.165) is 5.75 Å². The van der Waals surface area contributed by atoms with Gasteiger partial charge in [-0.25, -0.2) is 4.68 Å². The van der Waals surface area contributed by atoms with Gasteiger partial charge in [-0.2, -0.15) is 0 Å². The summed E-state index contributed by atoms with van der Waals surface area (Å²) in [6, 6.07) is 9.49. The van der Waals surface area contributed by atoms with Gasteiger partial charge in [-0.05, 0) is 29.5 Å². The summed E-state index contributed by atoms with van der Waals surface area (Å²) in [4.78, 5) is 11.7. The monoisotopic (exact) mass is 307 g/mol. The number of aryl methyl sites for hydroxylation is 1. The third kappa shape index (κ3) is 5.07. The van der Waals surface area contributed by atoms with Crippen molar-refractivity contribution in [2.45, 2.75) is 18.6 Å². The summed E-state index contributed by atoms with van der Waals surface area (Å²) < 4.78 is 7.13. The second kappa shape index (κ2) is 8.25. The maximum atomic E-state index is 11.7. The van der Waals surface area contributed by atoms with Gasteiger partial charge in [-0.3, -0.25) is 4.79 Å². The molecule has 0 saturated heterocycles. The zero-order valence-corrected chi connectivity index (χ0v) is 12.5. The number of para-hydroxylation sites is 1. The number of nitrogens with one attached hydrogen (secondary N) is 1. The van der Waals surface area contributed by atoms with Gasteiger partial charge in [-0.1, -0.05) is 30.0 Å². The number of ether oxygens (including phenoxy) is 1. The normalized spacial score (nSPS) is 10.3. The van der Waals surface area contributed by atoms with Crippen LogP contribution in [0.3, 0.4) is 0 Å². The van der Waals surface area contributed by atoms with E-state index in [1.165, 1.54) is 11.8 Å². The lowest BCUT2D eigenvalue weighted by molar-refractivity contribution is -0.118. The average Bonchev–Trinajstić information content (AvgIpc) is 2.98. The minimum Gasteiger partial charge on any atom is -0.492 e. The van der Waals surface area contributed by atoms with Crippen LogP contribution in [0.2, 0.25) is 0 Å². The zero-order chi connectivity index (χ0) is 14.9. The van der Waals surface area contributed by atoms with E-state index in [-0.39, 0.29) is 11.7 Å². The Morgan fingerprint density at radius 3 is 2.95 bits per heavy atom. The lowest BCUT2D eigenvalue weighted by Crippen LogP contribution is -2.29. The fraction of sp³-hybridized carbons (Fsp3) is 0.385. The fourth-order valence-corrected chi connectivity index (χ4v) is 2.33. The topological polar surface area (TPSA) is 81.9 Å². The van der Waals surface area contributed by atoms with Crippen LogP contribution in [0.1, 0.15) is 6.92 Å². The van der Waals surface area contributed by atoms with Crippen LogP contribution in [0.5, 0.6) is 5.75 Å². The van der Waals surface area contributed by atoms with Crippen molar-refractivity contribution < 1.29 is 9.53 Å². The molecule has 112 valence electrons. The molecule has 21 heavy (non-hydrogen) atoms. The zero-order valence-electron chi connectivity index (χ0n) is 11.7. The highest BCUT2D eigenvalue weighted by atomic mass is 32.2. The molecule has 2 rings (SSSR count). The summed E-state index contributed by atoms with van der Waals surface area (Å²) in [7, 11) is 0. The van der Waals surface area contributed by atoms with Crippen molar-refractivity contribution in [1.29, 1.82) is 0 Å². The summed E-state index contributed by atoms with van der Waals surface area (Å²) in [5.41, 5.74) is 0. The molecule has 0 radical (unpaired) electrons. The van der Waals surface area contributed by atoms with E-state index >= 15 is 0 Å². The van der Waals surface area contributed by atoms with E-state index in [1.54, 1.807) is 4.68 Å². The minimum absolute atomic E-state index is 0.0673. The van der Waals surface area contributed by atoms with Gasteiger partial charge < -0.3 is 10.1 Å². The molecule has 1 heterocycles. The predicted molar refractivity (Wildman–Crippen MR) is 79.2 cm³/mol. The number of carbonyl (C=O) groups excluding carboxylic acids is 1. The van der Waals surface area contributed by atoms with Gasteiger partial charge in [0.1, 0.15) is 12.4 Å². The number of rotatable bonds is 8. The number of hydrogen-bond donors (Lipinski definition) is 1. The second-order valence-electron chi connectivity index (χ2n) is 4.08. The molecule has 1 N–H and O–H groups in total. The van der Waals surface area contributed by atoms with E-state index in [2.05, 4.69) is 20.8 Å². The van der Waals surface area contributed by atoms with E-state index in [4.69, 9.17) is 4.74 Å². The Morgan fingerprint density at radius 2 is 2.19 bits per heavy atom. The van der Waals surface area contributed by atoms with E-state index < -0.39 is 0 Å². The summed E-state index contributed by atoms with van der Waals surface area (Å²) in [5.74, 6) is 1.01. The van der Waals surface area contributed by atoms with E-state index in [0.29, 0.717) is 24.9 Å². The van der Waals surface area contributed by atoms with Gasteiger partial charge in [-0.15, -0.1) is 5.10 Å². The highest BCUT2D eigenvalue weighted by Crippen LogP contribution is 2.12. The molecular formula is C13H17N5O2S. The Bertz CT molecular complexity index is 561. The quantitative estimate of drug-likeness (QED) is 0.578. The van der Waals surface area contributed by atoms with Crippen molar-refractivity contribution in [1.82, 2.24) is 25.5 Å². The van der Waals surface area contributed by atoms with E-state index in [1.807, 2.05) is 37.3 Å². The van der Waals surface area contributed by atoms with Crippen LogP contribution in [0.4, 0.5) is 0 Å². The molecule has 2 aromatic rings. The van der Waals surface area contributed by atoms with Crippen LogP contribution in [-0.2, 0) is 11.3 Å². The van der Waals surface area contributed by atoms with Gasteiger partial charge in [0, 0.05) is 6.54 Å². The molecule has 0 aliphatic carbocycles. The highest BCUT2D eigenvalue weighted by molar-refractivity contribution is 7.99. The molecule has 0 bridgehead atoms. The Morgan fingerprint density at radius 1 is 1.38 bits per heavy atom. The standard InChI is InChI=1S/C13H17N5O2S/c1-2-18-13(15-16-17-18)21-10-12(19)14-8-9-20-11-6-4-3-5-7-11/h3-7H,2,8-10H2,1H3,(H,14,19). The molecule has 0 aliphatic rings. The Hall–Kier alpha value is -2.09. The maximum absolute atomic E-state index is 11.7. The van der Waals surface area contributed by atoms with Gasteiger partial charge in [0.25, 0.3) is 0 Å². The number of nitrogens with zero attached hydrogens (tertiary/aromatic N) is 4. The molecule has 0 unspecified atom stereocenters. The number of thioether (sulfide) groups is 1. The molecule has 0 atom stereocenters. The molecule has 1 amide bonds. The first kappa shape index (κ1) is 15.3. The Kier molecular flexibility index (Phi) is 6.01. The summed E-state index contributed by atoms with van der Waals surface area (Å²) in [6.45, 7) is 3.53. The maximum Gasteiger partial charge on any atom is 0.230 e. The van der Waals surface area contributed by atoms with Crippen LogP contribution in [-0.4, -0.2) is 45.0 Å². The number of amides is 1. The summed E-state index contributed by atoms with van der Waals surface area (Å²) in [6.07, 6.45) is 0. The van der Waals surface area contributed by atoms with Crippen molar-refractivity contribution in [3.63, 3.8) is 0 Å². The molecule has 0 saturated carbocycles. The second-order valence-corrected chi connectivity index (χ2v) is 5.02. The SMILES string of the molecule is CCn1nnnc1SCC(=O)NCCOc1ccccc1. The van der Waals surface area contributed by atoms with Gasteiger partial charge in [0.2, 0.25) is 11.1 Å². The first-order valence-electron chi connectivity index (χ1n) is 6.63. The summed E-state index contributed by atoms with van der Waals surface area (Å²) >= 11 is 1.31. The molecular weight excluding hydrogens is 290 g/mol. The Labute approximate surface area is 127 Å². The highest BCUT2D eigenvalue weighted by Gasteiger charge is 2.08. The molecule has 1 aromatic heterocycles. The van der Waals surface area contributed by atoms with Crippen LogP contribution >= 0.6 is 11.8 Å². The van der Waals surface area contributed by atoms with Crippen molar-refractivity contribution >= 4 is 17.7 Å². The number of benzene rings is 1. The number of hydrogen-bond acceptors (Lipinski definition) is 6. The lowest BCUT2D eigenvalue weighted by atomic mass is 10.3. The molecule has 1 aromatic carbocycles. The Balaban J connectivity index is 1.62. The van der Waals surface area contributed by atoms with Crippen molar-refractivity contribution in [2.75, 3.05) is 18.9 Å². The van der Waals surface area contributed by atoms with Crippen LogP contribution in [0.25, 0.3) is 0 Å². The van der Waals surface area contributed by atoms with Crippen LogP contribution in [0.15, 0.2) is 35.5 Å². The fourth-order valence-electron chi connectivity index (χ4n) is 1.56. The number of carbonyl (C=O) groups is 1. The van der Waals surface area contributed by atoms with Crippen molar-refractivity contribution in [3.05, 3.63) is 30.3 Å². The largest absolute Gasteiger partial charge is 0.492 e. The molecule has 0 fully saturated rings. The van der Waals surface area contributed by atoms with Gasteiger partial charge in [0.15, 0.2) is 0 Å². The third-order valence-electron chi connectivity index (χ3n) is 2.57. The average molecular weight is 307 g/mol. The van der Waals surface area contributed by atoms with E-state index in [9.17, 15) is 4.79 Å². The van der Waals surface area contributed by atoms with Gasteiger partial charge in [0.05, 0.1) is 12.3 Å². The first-order chi connectivity index (χ1) is 10.3. The number of aromatic nitrogens is 4. The lowest BCUT2D eigenvalue weighted by Gasteiger charge is -2.07. The third-order valence-corrected chi connectivity index (χ3v) is 3.52. The molecule has 8 heteroatoms.